The molecule has 1 heterocycles. The summed E-state index contributed by atoms with van der Waals surface area (Å²) in [6.07, 6.45) is 4.93. The monoisotopic (exact) mass is 214 g/mol. The summed E-state index contributed by atoms with van der Waals surface area (Å²) in [5, 5.41) is 4.98. The van der Waals surface area contributed by atoms with Crippen molar-refractivity contribution in [3.8, 4) is 0 Å². The molecule has 0 atom stereocenters. The maximum atomic E-state index is 11.5. The molecule has 3 heteroatoms. The number of hydrogen-bond acceptors (Lipinski definition) is 2. The van der Waals surface area contributed by atoms with Crippen LogP contribution in [0.2, 0.25) is 0 Å². The molecule has 1 amide bonds. The Balaban J connectivity index is 2.33. The van der Waals surface area contributed by atoms with E-state index in [9.17, 15) is 4.79 Å². The molecule has 0 saturated heterocycles. The van der Waals surface area contributed by atoms with Gasteiger partial charge in [-0.25, -0.2) is 0 Å². The molecular weight excluding hydrogens is 200 g/mol. The molecule has 2 rings (SSSR count). The van der Waals surface area contributed by atoms with Gasteiger partial charge in [0, 0.05) is 24.2 Å². The Morgan fingerprint density at radius 1 is 1.38 bits per heavy atom. The minimum atomic E-state index is 0.0545. The van der Waals surface area contributed by atoms with Gasteiger partial charge in [0.25, 0.3) is 0 Å². The van der Waals surface area contributed by atoms with Crippen molar-refractivity contribution in [2.45, 2.75) is 19.8 Å². The third-order valence-corrected chi connectivity index (χ3v) is 2.43. The summed E-state index contributed by atoms with van der Waals surface area (Å²) in [6.45, 7) is 1.99. The third-order valence-electron chi connectivity index (χ3n) is 2.43. The predicted molar refractivity (Wildman–Crippen MR) is 65.3 cm³/mol. The highest BCUT2D eigenvalue weighted by atomic mass is 16.1. The van der Waals surface area contributed by atoms with Crippen molar-refractivity contribution in [1.82, 2.24) is 4.98 Å². The lowest BCUT2D eigenvalue weighted by atomic mass is 10.1. The van der Waals surface area contributed by atoms with Crippen LogP contribution in [-0.2, 0) is 4.79 Å². The summed E-state index contributed by atoms with van der Waals surface area (Å²) < 4.78 is 0. The van der Waals surface area contributed by atoms with Gasteiger partial charge in [0.1, 0.15) is 0 Å². The second-order valence-electron chi connectivity index (χ2n) is 3.70. The quantitative estimate of drug-likeness (QED) is 0.853. The Morgan fingerprint density at radius 2 is 2.25 bits per heavy atom. The van der Waals surface area contributed by atoms with Gasteiger partial charge < -0.3 is 5.32 Å². The molecule has 0 unspecified atom stereocenters. The molecule has 82 valence electrons. The van der Waals surface area contributed by atoms with Crippen LogP contribution in [0, 0.1) is 0 Å². The van der Waals surface area contributed by atoms with E-state index in [-0.39, 0.29) is 5.91 Å². The minimum Gasteiger partial charge on any atom is -0.325 e. The van der Waals surface area contributed by atoms with E-state index in [1.54, 1.807) is 12.4 Å². The van der Waals surface area contributed by atoms with Crippen LogP contribution in [0.25, 0.3) is 10.8 Å². The zero-order valence-corrected chi connectivity index (χ0v) is 9.23. The van der Waals surface area contributed by atoms with Crippen LogP contribution in [0.3, 0.4) is 0 Å². The Kier molecular flexibility index (Phi) is 3.15. The number of amides is 1. The van der Waals surface area contributed by atoms with Gasteiger partial charge in [-0.1, -0.05) is 19.1 Å². The van der Waals surface area contributed by atoms with Crippen LogP contribution in [-0.4, -0.2) is 10.9 Å². The van der Waals surface area contributed by atoms with Crippen LogP contribution < -0.4 is 5.32 Å². The number of fused-ring (bicyclic) bond motifs is 1. The van der Waals surface area contributed by atoms with Gasteiger partial charge >= 0.3 is 0 Å². The molecule has 1 N–H and O–H groups in total. The lowest BCUT2D eigenvalue weighted by Gasteiger charge is -2.07. The lowest BCUT2D eigenvalue weighted by molar-refractivity contribution is -0.116. The first-order valence-electron chi connectivity index (χ1n) is 5.44. The van der Waals surface area contributed by atoms with Gasteiger partial charge in [0.2, 0.25) is 5.91 Å². The molecule has 0 spiro atoms. The number of aromatic nitrogens is 1. The predicted octanol–water partition coefficient (Wildman–Crippen LogP) is 2.97. The summed E-state index contributed by atoms with van der Waals surface area (Å²) in [6, 6.07) is 7.78. The summed E-state index contributed by atoms with van der Waals surface area (Å²) >= 11 is 0. The Bertz CT molecular complexity index is 503. The van der Waals surface area contributed by atoms with Crippen molar-refractivity contribution >= 4 is 22.4 Å². The highest BCUT2D eigenvalue weighted by Crippen LogP contribution is 2.22. The summed E-state index contributed by atoms with van der Waals surface area (Å²) in [5.74, 6) is 0.0545. The van der Waals surface area contributed by atoms with E-state index >= 15 is 0 Å². The van der Waals surface area contributed by atoms with Crippen LogP contribution in [0.4, 0.5) is 5.69 Å². The fourth-order valence-electron chi connectivity index (χ4n) is 1.66. The molecule has 0 saturated carbocycles. The summed E-state index contributed by atoms with van der Waals surface area (Å²) in [5.41, 5.74) is 0.837. The Hall–Kier alpha value is -1.90. The molecule has 16 heavy (non-hydrogen) atoms. The van der Waals surface area contributed by atoms with E-state index in [1.165, 1.54) is 0 Å². The largest absolute Gasteiger partial charge is 0.325 e. The van der Waals surface area contributed by atoms with Crippen molar-refractivity contribution in [2.24, 2.45) is 0 Å². The number of nitrogens with zero attached hydrogens (tertiary/aromatic N) is 1. The highest BCUT2D eigenvalue weighted by Gasteiger charge is 2.04. The zero-order chi connectivity index (χ0) is 11.4. The van der Waals surface area contributed by atoms with Crippen LogP contribution >= 0.6 is 0 Å². The molecule has 0 aliphatic heterocycles. The smallest absolute Gasteiger partial charge is 0.224 e. The minimum absolute atomic E-state index is 0.0545. The van der Waals surface area contributed by atoms with E-state index < -0.39 is 0 Å². The standard InChI is InChI=1S/C13H14N2O/c1-2-4-13(16)15-12-6-3-5-10-7-8-14-9-11(10)12/h3,5-9H,2,4H2,1H3,(H,15,16). The van der Waals surface area contributed by atoms with Crippen molar-refractivity contribution in [1.29, 1.82) is 0 Å². The summed E-state index contributed by atoms with van der Waals surface area (Å²) in [7, 11) is 0. The third kappa shape index (κ3) is 2.19. The second kappa shape index (κ2) is 4.75. The number of rotatable bonds is 3. The van der Waals surface area contributed by atoms with Crippen LogP contribution in [0.5, 0.6) is 0 Å². The van der Waals surface area contributed by atoms with E-state index in [1.807, 2.05) is 31.2 Å². The van der Waals surface area contributed by atoms with Crippen molar-refractivity contribution in [3.05, 3.63) is 36.7 Å². The first kappa shape index (κ1) is 10.6. The van der Waals surface area contributed by atoms with E-state index in [4.69, 9.17) is 0 Å². The number of nitrogens with one attached hydrogen (secondary N) is 1. The fraction of sp³-hybridized carbons (Fsp3) is 0.231. The normalized spacial score (nSPS) is 10.3. The molecule has 0 aliphatic carbocycles. The highest BCUT2D eigenvalue weighted by molar-refractivity contribution is 6.01. The first-order chi connectivity index (χ1) is 7.81. The molecular formula is C13H14N2O. The lowest BCUT2D eigenvalue weighted by Crippen LogP contribution is -2.10. The number of hydrogen-bond donors (Lipinski definition) is 1. The van der Waals surface area contributed by atoms with Gasteiger partial charge in [-0.2, -0.15) is 0 Å². The number of benzene rings is 1. The fourth-order valence-corrected chi connectivity index (χ4v) is 1.66. The number of pyridine rings is 1. The van der Waals surface area contributed by atoms with E-state index in [2.05, 4.69) is 10.3 Å². The van der Waals surface area contributed by atoms with E-state index in [0.717, 1.165) is 22.9 Å². The van der Waals surface area contributed by atoms with Crippen molar-refractivity contribution < 1.29 is 4.79 Å². The SMILES string of the molecule is CCCC(=O)Nc1cccc2ccncc12. The zero-order valence-electron chi connectivity index (χ0n) is 9.23. The van der Waals surface area contributed by atoms with Crippen LogP contribution in [0.1, 0.15) is 19.8 Å². The van der Waals surface area contributed by atoms with E-state index in [0.29, 0.717) is 6.42 Å². The Labute approximate surface area is 94.5 Å². The van der Waals surface area contributed by atoms with Gasteiger partial charge in [0.05, 0.1) is 5.69 Å². The van der Waals surface area contributed by atoms with Gasteiger partial charge in [-0.05, 0) is 23.9 Å². The van der Waals surface area contributed by atoms with Gasteiger partial charge in [-0.3, -0.25) is 9.78 Å². The topological polar surface area (TPSA) is 42.0 Å². The summed E-state index contributed by atoms with van der Waals surface area (Å²) in [4.78, 5) is 15.6. The van der Waals surface area contributed by atoms with Gasteiger partial charge in [0.15, 0.2) is 0 Å². The molecule has 1 aromatic heterocycles. The van der Waals surface area contributed by atoms with Crippen molar-refractivity contribution in [3.63, 3.8) is 0 Å². The maximum Gasteiger partial charge on any atom is 0.224 e. The first-order valence-corrected chi connectivity index (χ1v) is 5.44. The van der Waals surface area contributed by atoms with Crippen LogP contribution in [0.15, 0.2) is 36.7 Å². The molecule has 0 aliphatic rings. The molecule has 0 radical (unpaired) electrons. The maximum absolute atomic E-state index is 11.5. The number of anilines is 1. The number of carbonyl (C=O) groups is 1. The Morgan fingerprint density at radius 3 is 3.06 bits per heavy atom. The molecule has 1 aromatic carbocycles. The second-order valence-corrected chi connectivity index (χ2v) is 3.70. The average Bonchev–Trinajstić information content (AvgIpc) is 2.30. The molecule has 0 fully saturated rings. The van der Waals surface area contributed by atoms with Crippen molar-refractivity contribution in [2.75, 3.05) is 5.32 Å². The average molecular weight is 214 g/mol. The number of carbonyl (C=O) groups excluding carboxylic acids is 1. The molecule has 0 bridgehead atoms. The molecule has 2 aromatic rings. The molecule has 3 nitrogen and oxygen atoms in total. The van der Waals surface area contributed by atoms with Gasteiger partial charge in [-0.15, -0.1) is 0 Å².